The number of ether oxygens (including phenoxy) is 6. The summed E-state index contributed by atoms with van der Waals surface area (Å²) >= 11 is 6.41. The minimum Gasteiger partial charge on any atom is -0.480 e. The van der Waals surface area contributed by atoms with E-state index >= 15 is 4.39 Å². The number of carboxylic acids is 3. The minimum absolute atomic E-state index is 0. The van der Waals surface area contributed by atoms with Gasteiger partial charge in [-0.2, -0.15) is 0 Å². The van der Waals surface area contributed by atoms with Gasteiger partial charge in [-0.05, 0) is 61.2 Å². The average Bonchev–Trinajstić information content (AvgIpc) is 1.32. The fourth-order valence-electron chi connectivity index (χ4n) is 10.6. The zero-order valence-electron chi connectivity index (χ0n) is 50.4. The first-order valence-corrected chi connectivity index (χ1v) is 30.2. The molecule has 3 saturated heterocycles. The molecule has 3 radical (unpaired) electrons. The SMILES string of the molecule is Cc1cc(F)cc(-c2cnc(N3CCN(C(=O)CCOCCOCCOCCOCCOCCOCCNC(=O)CN4CCN(CC(=O)O)CCN(CC(=O)O)CCN(CC(=O)O)CC4)CC3)c(-c3nc4cc(Cl)ccc4[nH]3)c2N2CCC(N)CC2)c1.[In]. The van der Waals surface area contributed by atoms with Gasteiger partial charge in [0.05, 0.1) is 134 Å². The van der Waals surface area contributed by atoms with Crippen molar-refractivity contribution in [1.29, 1.82) is 0 Å². The molecule has 0 bridgehead atoms. The Kier molecular flexibility index (Phi) is 31.3. The molecule has 3 fully saturated rings. The molecule has 0 spiro atoms. The number of aliphatic carboxylic acids is 3. The number of halogens is 2. The molecule has 0 unspecified atom stereocenters. The third-order valence-corrected chi connectivity index (χ3v) is 15.4. The number of piperidine rings is 1. The summed E-state index contributed by atoms with van der Waals surface area (Å²) in [5, 5.41) is 31.7. The van der Waals surface area contributed by atoms with Crippen molar-refractivity contribution >= 4 is 89.7 Å². The summed E-state index contributed by atoms with van der Waals surface area (Å²) in [5.41, 5.74) is 12.0. The zero-order chi connectivity index (χ0) is 61.9. The van der Waals surface area contributed by atoms with Gasteiger partial charge >= 0.3 is 17.9 Å². The Balaban J connectivity index is 0.0000124. The number of aryl methyl sites for hydroxylation is 1. The van der Waals surface area contributed by atoms with Gasteiger partial charge in [0.2, 0.25) is 11.8 Å². The van der Waals surface area contributed by atoms with Crippen LogP contribution in [0.25, 0.3) is 33.5 Å². The van der Waals surface area contributed by atoms with Gasteiger partial charge in [0.15, 0.2) is 0 Å². The van der Waals surface area contributed by atoms with Crippen LogP contribution in [0.15, 0.2) is 42.6 Å². The quantitative estimate of drug-likeness (QED) is 0.0370. The molecule has 7 N–H and O–H groups in total. The smallest absolute Gasteiger partial charge is 0.317 e. The van der Waals surface area contributed by atoms with Crippen LogP contribution in [0.3, 0.4) is 0 Å². The summed E-state index contributed by atoms with van der Waals surface area (Å²) in [5.74, 6) is -2.30. The number of carbonyl (C=O) groups excluding carboxylic acids is 2. The van der Waals surface area contributed by atoms with Crippen molar-refractivity contribution in [2.24, 2.45) is 5.73 Å². The van der Waals surface area contributed by atoms with Gasteiger partial charge in [-0.3, -0.25) is 43.6 Å². The van der Waals surface area contributed by atoms with Crippen LogP contribution in [-0.2, 0) is 52.4 Å². The number of anilines is 2. The van der Waals surface area contributed by atoms with Crippen LogP contribution in [0.1, 0.15) is 24.8 Å². The second-order valence-corrected chi connectivity index (χ2v) is 22.2. The third-order valence-electron chi connectivity index (χ3n) is 15.1. The second kappa shape index (κ2) is 38.4. The van der Waals surface area contributed by atoms with Crippen LogP contribution < -0.4 is 20.9 Å². The number of pyridine rings is 1. The van der Waals surface area contributed by atoms with E-state index in [-0.39, 0.29) is 115 Å². The normalized spacial score (nSPS) is 16.5. The summed E-state index contributed by atoms with van der Waals surface area (Å²) in [6, 6.07) is 10.7. The number of fused-ring (bicyclic) bond motifs is 1. The maximum absolute atomic E-state index is 15.0. The van der Waals surface area contributed by atoms with E-state index in [4.69, 9.17) is 55.7 Å². The molecule has 4 aromatic rings. The van der Waals surface area contributed by atoms with Crippen molar-refractivity contribution in [1.82, 2.24) is 44.8 Å². The molecule has 2 aromatic carbocycles. The number of aromatic nitrogens is 3. The summed E-state index contributed by atoms with van der Waals surface area (Å²) in [6.07, 6.45) is 3.67. The third kappa shape index (κ3) is 24.5. The first kappa shape index (κ1) is 71.7. The molecule has 3 aliphatic heterocycles. The van der Waals surface area contributed by atoms with Crippen LogP contribution >= 0.6 is 11.6 Å². The van der Waals surface area contributed by atoms with E-state index in [9.17, 15) is 39.3 Å². The van der Waals surface area contributed by atoms with Crippen LogP contribution in [0.4, 0.5) is 15.9 Å². The van der Waals surface area contributed by atoms with Crippen molar-refractivity contribution in [3.63, 3.8) is 0 Å². The first-order valence-electron chi connectivity index (χ1n) is 29.9. The number of piperazine rings is 1. The number of nitrogens with one attached hydrogen (secondary N) is 2. The van der Waals surface area contributed by atoms with Crippen molar-refractivity contribution in [3.05, 3.63) is 59.0 Å². The van der Waals surface area contributed by atoms with E-state index in [1.165, 1.54) is 6.07 Å². The molecule has 29 heteroatoms. The number of carboxylic acid groups (broad SMARTS) is 3. The van der Waals surface area contributed by atoms with Gasteiger partial charge in [-0.1, -0.05) is 17.7 Å². The second-order valence-electron chi connectivity index (χ2n) is 21.7. The molecule has 483 valence electrons. The van der Waals surface area contributed by atoms with Crippen LogP contribution in [0, 0.1) is 12.7 Å². The predicted octanol–water partition coefficient (Wildman–Crippen LogP) is 1.67. The number of nitrogens with zero attached hydrogens (tertiary/aromatic N) is 9. The van der Waals surface area contributed by atoms with Gasteiger partial charge in [-0.25, -0.2) is 14.4 Å². The number of hydrogen-bond donors (Lipinski definition) is 6. The molecule has 0 atom stereocenters. The number of carbonyl (C=O) groups is 5. The molecule has 88 heavy (non-hydrogen) atoms. The number of imidazole rings is 1. The number of rotatable bonds is 33. The number of aromatic amines is 1. The summed E-state index contributed by atoms with van der Waals surface area (Å²) in [4.78, 5) is 87.8. The topological polar surface area (TPSA) is 304 Å². The fraction of sp³-hybridized carbons (Fsp3) is 0.610. The fourth-order valence-corrected chi connectivity index (χ4v) is 10.8. The largest absolute Gasteiger partial charge is 0.480 e. The maximum Gasteiger partial charge on any atom is 0.317 e. The molecular weight excluding hydrogens is 1270 g/mol. The van der Waals surface area contributed by atoms with Crippen molar-refractivity contribution in [3.8, 4) is 22.5 Å². The Morgan fingerprint density at radius 1 is 0.636 bits per heavy atom. The Morgan fingerprint density at radius 2 is 1.12 bits per heavy atom. The molecule has 3 aliphatic rings. The Labute approximate surface area is 536 Å². The van der Waals surface area contributed by atoms with Crippen molar-refractivity contribution in [2.45, 2.75) is 32.2 Å². The first-order chi connectivity index (χ1) is 42.1. The van der Waals surface area contributed by atoms with Gasteiger partial charge in [0, 0.05) is 147 Å². The van der Waals surface area contributed by atoms with Crippen molar-refractivity contribution in [2.75, 3.05) is 213 Å². The molecule has 5 heterocycles. The maximum atomic E-state index is 15.0. The van der Waals surface area contributed by atoms with Gasteiger partial charge in [0.1, 0.15) is 17.5 Å². The van der Waals surface area contributed by atoms with E-state index in [0.29, 0.717) is 161 Å². The van der Waals surface area contributed by atoms with Gasteiger partial charge in [-0.15, -0.1) is 0 Å². The molecule has 0 saturated carbocycles. The predicted molar refractivity (Wildman–Crippen MR) is 330 cm³/mol. The summed E-state index contributed by atoms with van der Waals surface area (Å²) in [6.45, 7) is 11.5. The van der Waals surface area contributed by atoms with E-state index < -0.39 is 17.9 Å². The van der Waals surface area contributed by atoms with E-state index in [0.717, 1.165) is 52.1 Å². The molecule has 26 nitrogen and oxygen atoms in total. The molecule has 7 rings (SSSR count). The molecule has 2 aromatic heterocycles. The summed E-state index contributed by atoms with van der Waals surface area (Å²) < 4.78 is 48.7. The summed E-state index contributed by atoms with van der Waals surface area (Å²) in [7, 11) is 0. The number of hydrogen-bond acceptors (Lipinski definition) is 20. The Hall–Kier alpha value is -5.34. The molecular formula is C59H86ClFInN12O14. The average molecular weight is 1360 g/mol. The molecule has 0 aliphatic carbocycles. The molecule has 2 amide bonds. The van der Waals surface area contributed by atoms with E-state index in [1.54, 1.807) is 20.8 Å². The minimum atomic E-state index is -1.03. The van der Waals surface area contributed by atoms with E-state index in [1.807, 2.05) is 47.2 Å². The van der Waals surface area contributed by atoms with Crippen LogP contribution in [0.2, 0.25) is 5.02 Å². The number of benzene rings is 2. The number of amides is 2. The Bertz CT molecular complexity index is 2780. The van der Waals surface area contributed by atoms with E-state index in [2.05, 4.69) is 20.1 Å². The van der Waals surface area contributed by atoms with Crippen LogP contribution in [-0.4, -0.2) is 320 Å². The Morgan fingerprint density at radius 3 is 1.62 bits per heavy atom. The van der Waals surface area contributed by atoms with Gasteiger partial charge < -0.3 is 74.5 Å². The number of H-pyrrole nitrogens is 1. The zero-order valence-corrected chi connectivity index (χ0v) is 54.5. The number of nitrogens with two attached hydrogens (primary N) is 1. The van der Waals surface area contributed by atoms with Crippen molar-refractivity contribution < 1.29 is 72.1 Å². The van der Waals surface area contributed by atoms with Gasteiger partial charge in [0.25, 0.3) is 0 Å². The monoisotopic (exact) mass is 1360 g/mol. The van der Waals surface area contributed by atoms with Crippen LogP contribution in [0.5, 0.6) is 0 Å². The standard InChI is InChI=1S/C59H86ClFN12O14.In/c1-43-34-44(36-46(61)35-43)48-38-64-59(56(57(48)72-8-4-47(62)5-9-72)58-65-49-3-2-45(60)37-50(49)66-58)73-20-18-71(19-21-73)52(75)6-22-82-24-26-84-28-30-86-32-33-87-31-29-85-27-25-83-23-7-63-51(74)39-67-10-12-68(40-53(76)77)14-16-70(42-55(80)81)17-15-69(13-11-67)41-54(78)79;/h2-3,34-38,47H,4-33,39-42,62H2,1H3,(H,63,74)(H,65,66)(H,76,77)(H,78,79)(H,80,81);.